The van der Waals surface area contributed by atoms with Gasteiger partial charge in [-0.1, -0.05) is 5.16 Å². The van der Waals surface area contributed by atoms with Gasteiger partial charge in [-0.3, -0.25) is 4.79 Å². The van der Waals surface area contributed by atoms with Crippen LogP contribution < -0.4 is 4.90 Å². The summed E-state index contributed by atoms with van der Waals surface area (Å²) < 4.78 is 5.15. The van der Waals surface area contributed by atoms with Gasteiger partial charge in [-0.2, -0.15) is 4.98 Å². The SMILES string of the molecule is Cc1noc(-c2ccnc(N3CCC(=O)CC3)c2)n1. The third-order valence-electron chi connectivity index (χ3n) is 3.17. The Hall–Kier alpha value is -2.24. The molecule has 0 unspecified atom stereocenters. The molecule has 2 aromatic rings. The average Bonchev–Trinajstić information content (AvgIpc) is 2.86. The molecule has 1 fully saturated rings. The highest BCUT2D eigenvalue weighted by Crippen LogP contribution is 2.23. The van der Waals surface area contributed by atoms with E-state index in [1.54, 1.807) is 13.1 Å². The van der Waals surface area contributed by atoms with Crippen LogP contribution in [0.1, 0.15) is 18.7 Å². The minimum Gasteiger partial charge on any atom is -0.356 e. The number of nitrogens with zero attached hydrogens (tertiary/aromatic N) is 4. The van der Waals surface area contributed by atoms with Crippen LogP contribution in [0.5, 0.6) is 0 Å². The van der Waals surface area contributed by atoms with Gasteiger partial charge in [0.05, 0.1) is 0 Å². The number of carbonyl (C=O) groups is 1. The molecule has 6 heteroatoms. The lowest BCUT2D eigenvalue weighted by Gasteiger charge is -2.27. The molecule has 0 bridgehead atoms. The van der Waals surface area contributed by atoms with Crippen molar-refractivity contribution in [1.29, 1.82) is 0 Å². The number of ketones is 1. The Morgan fingerprint density at radius 2 is 2.11 bits per heavy atom. The van der Waals surface area contributed by atoms with E-state index in [2.05, 4.69) is 20.0 Å². The zero-order valence-electron chi connectivity index (χ0n) is 10.7. The lowest BCUT2D eigenvalue weighted by molar-refractivity contribution is -0.119. The molecule has 0 N–H and O–H groups in total. The Morgan fingerprint density at radius 1 is 1.32 bits per heavy atom. The predicted octanol–water partition coefficient (Wildman–Crippen LogP) is 1.61. The summed E-state index contributed by atoms with van der Waals surface area (Å²) in [6.45, 7) is 3.22. The molecule has 6 nitrogen and oxygen atoms in total. The van der Waals surface area contributed by atoms with E-state index in [-0.39, 0.29) is 0 Å². The summed E-state index contributed by atoms with van der Waals surface area (Å²) in [6.07, 6.45) is 2.90. The van der Waals surface area contributed by atoms with Gasteiger partial charge in [0.1, 0.15) is 11.6 Å². The zero-order chi connectivity index (χ0) is 13.2. The van der Waals surface area contributed by atoms with E-state index in [0.717, 1.165) is 24.5 Å². The van der Waals surface area contributed by atoms with Crippen LogP contribution in [0.2, 0.25) is 0 Å². The summed E-state index contributed by atoms with van der Waals surface area (Å²) in [5.41, 5.74) is 0.850. The smallest absolute Gasteiger partial charge is 0.258 e. The second kappa shape index (κ2) is 4.79. The van der Waals surface area contributed by atoms with Crippen molar-refractivity contribution in [3.8, 4) is 11.5 Å². The molecule has 1 saturated heterocycles. The number of aryl methyl sites for hydroxylation is 1. The van der Waals surface area contributed by atoms with Crippen LogP contribution in [0.15, 0.2) is 22.9 Å². The number of hydrogen-bond donors (Lipinski definition) is 0. The van der Waals surface area contributed by atoms with E-state index in [1.807, 2.05) is 12.1 Å². The van der Waals surface area contributed by atoms with Crippen molar-refractivity contribution < 1.29 is 9.32 Å². The first kappa shape index (κ1) is 11.8. The summed E-state index contributed by atoms with van der Waals surface area (Å²) in [4.78, 5) is 21.9. The van der Waals surface area contributed by atoms with Crippen molar-refractivity contribution in [2.24, 2.45) is 0 Å². The van der Waals surface area contributed by atoms with Crippen molar-refractivity contribution in [2.75, 3.05) is 18.0 Å². The van der Waals surface area contributed by atoms with Gasteiger partial charge in [0, 0.05) is 37.7 Å². The van der Waals surface area contributed by atoms with E-state index < -0.39 is 0 Å². The minimum absolute atomic E-state index is 0.319. The van der Waals surface area contributed by atoms with Gasteiger partial charge in [-0.15, -0.1) is 0 Å². The average molecular weight is 258 g/mol. The fourth-order valence-electron chi connectivity index (χ4n) is 2.12. The number of carbonyl (C=O) groups excluding carboxylic acids is 1. The lowest BCUT2D eigenvalue weighted by Crippen LogP contribution is -2.34. The van der Waals surface area contributed by atoms with Gasteiger partial charge in [0.25, 0.3) is 5.89 Å². The molecule has 1 aliphatic heterocycles. The molecule has 1 aliphatic rings. The molecular weight excluding hydrogens is 244 g/mol. The Labute approximate surface area is 110 Å². The molecule has 0 atom stereocenters. The maximum absolute atomic E-state index is 11.3. The first-order valence-electron chi connectivity index (χ1n) is 6.26. The van der Waals surface area contributed by atoms with Crippen LogP contribution in [0.4, 0.5) is 5.82 Å². The quantitative estimate of drug-likeness (QED) is 0.814. The van der Waals surface area contributed by atoms with Crippen LogP contribution in [-0.4, -0.2) is 34.0 Å². The third-order valence-corrected chi connectivity index (χ3v) is 3.17. The number of anilines is 1. The Bertz CT molecular complexity index is 598. The van der Waals surface area contributed by atoms with Gasteiger partial charge in [0.2, 0.25) is 0 Å². The number of hydrogen-bond acceptors (Lipinski definition) is 6. The summed E-state index contributed by atoms with van der Waals surface area (Å²) >= 11 is 0. The summed E-state index contributed by atoms with van der Waals surface area (Å²) in [5.74, 6) is 2.27. The monoisotopic (exact) mass is 258 g/mol. The lowest BCUT2D eigenvalue weighted by atomic mass is 10.1. The predicted molar refractivity (Wildman–Crippen MR) is 68.7 cm³/mol. The number of rotatable bonds is 2. The van der Waals surface area contributed by atoms with E-state index in [0.29, 0.717) is 30.3 Å². The zero-order valence-corrected chi connectivity index (χ0v) is 10.7. The molecule has 0 aromatic carbocycles. The summed E-state index contributed by atoms with van der Waals surface area (Å²) in [6, 6.07) is 3.76. The maximum Gasteiger partial charge on any atom is 0.258 e. The van der Waals surface area contributed by atoms with E-state index in [4.69, 9.17) is 4.52 Å². The third kappa shape index (κ3) is 2.47. The summed E-state index contributed by atoms with van der Waals surface area (Å²) in [5, 5.41) is 3.78. The fourth-order valence-corrected chi connectivity index (χ4v) is 2.12. The van der Waals surface area contributed by atoms with Crippen LogP contribution in [0, 0.1) is 6.92 Å². The fraction of sp³-hybridized carbons (Fsp3) is 0.385. The van der Waals surface area contributed by atoms with Crippen LogP contribution in [0.3, 0.4) is 0 Å². The van der Waals surface area contributed by atoms with Crippen molar-refractivity contribution in [3.05, 3.63) is 24.2 Å². The van der Waals surface area contributed by atoms with E-state index in [9.17, 15) is 4.79 Å². The van der Waals surface area contributed by atoms with Gasteiger partial charge in [0.15, 0.2) is 5.82 Å². The highest BCUT2D eigenvalue weighted by Gasteiger charge is 2.18. The highest BCUT2D eigenvalue weighted by molar-refractivity contribution is 5.81. The van der Waals surface area contributed by atoms with Gasteiger partial charge < -0.3 is 9.42 Å². The number of Topliss-reactive ketones (excluding diaryl/α,β-unsaturated/α-hetero) is 1. The molecule has 0 saturated carbocycles. The second-order valence-electron chi connectivity index (χ2n) is 4.58. The first-order chi connectivity index (χ1) is 9.22. The second-order valence-corrected chi connectivity index (χ2v) is 4.58. The summed E-state index contributed by atoms with van der Waals surface area (Å²) in [7, 11) is 0. The normalized spacial score (nSPS) is 15.8. The molecule has 0 amide bonds. The minimum atomic E-state index is 0.319. The van der Waals surface area contributed by atoms with Gasteiger partial charge in [-0.25, -0.2) is 4.98 Å². The van der Waals surface area contributed by atoms with Crippen molar-refractivity contribution in [3.63, 3.8) is 0 Å². The van der Waals surface area contributed by atoms with Gasteiger partial charge >= 0.3 is 0 Å². The Morgan fingerprint density at radius 3 is 2.79 bits per heavy atom. The number of pyridine rings is 1. The molecule has 19 heavy (non-hydrogen) atoms. The molecule has 0 aliphatic carbocycles. The van der Waals surface area contributed by atoms with E-state index in [1.165, 1.54) is 0 Å². The Kier molecular flexibility index (Phi) is 2.98. The first-order valence-corrected chi connectivity index (χ1v) is 6.26. The van der Waals surface area contributed by atoms with Crippen molar-refractivity contribution >= 4 is 11.6 Å². The molecule has 2 aromatic heterocycles. The molecule has 0 spiro atoms. The van der Waals surface area contributed by atoms with Crippen molar-refractivity contribution in [1.82, 2.24) is 15.1 Å². The van der Waals surface area contributed by atoms with Crippen LogP contribution in [0.25, 0.3) is 11.5 Å². The largest absolute Gasteiger partial charge is 0.356 e. The molecule has 3 heterocycles. The Balaban J connectivity index is 1.85. The number of piperidine rings is 1. The standard InChI is InChI=1S/C13H14N4O2/c1-9-15-13(19-16-9)10-2-5-14-12(8-10)17-6-3-11(18)4-7-17/h2,5,8H,3-4,6-7H2,1H3. The molecule has 98 valence electrons. The molecule has 0 radical (unpaired) electrons. The van der Waals surface area contributed by atoms with E-state index >= 15 is 0 Å². The van der Waals surface area contributed by atoms with Crippen LogP contribution in [-0.2, 0) is 4.79 Å². The van der Waals surface area contributed by atoms with Gasteiger partial charge in [-0.05, 0) is 19.1 Å². The van der Waals surface area contributed by atoms with Crippen molar-refractivity contribution in [2.45, 2.75) is 19.8 Å². The molecule has 3 rings (SSSR count). The highest BCUT2D eigenvalue weighted by atomic mass is 16.5. The molecular formula is C13H14N4O2. The topological polar surface area (TPSA) is 72.1 Å². The van der Waals surface area contributed by atoms with Crippen LogP contribution >= 0.6 is 0 Å². The maximum atomic E-state index is 11.3. The number of aromatic nitrogens is 3.